The van der Waals surface area contributed by atoms with Gasteiger partial charge in [0, 0.05) is 25.3 Å². The van der Waals surface area contributed by atoms with Crippen molar-refractivity contribution in [1.82, 2.24) is 14.8 Å². The smallest absolute Gasteiger partial charge is 0.237 e. The number of nitriles is 1. The standard InChI is InChI=1S/C26H30N6OS/c1-19-7-10-22(11-8-19)32-25(30-14-4-5-15-30)28-29-26(32)34-18-24(33)31(16-6-13-27)23-12-9-20(2)21(3)17-23/h7-12,17H,4-6,14-16,18H2,1-3H3. The van der Waals surface area contributed by atoms with Gasteiger partial charge in [-0.2, -0.15) is 5.26 Å². The van der Waals surface area contributed by atoms with Crippen LogP contribution in [0.15, 0.2) is 47.6 Å². The van der Waals surface area contributed by atoms with Crippen LogP contribution in [0.25, 0.3) is 5.69 Å². The highest BCUT2D eigenvalue weighted by Crippen LogP contribution is 2.29. The van der Waals surface area contributed by atoms with Gasteiger partial charge in [-0.05, 0) is 69.0 Å². The van der Waals surface area contributed by atoms with E-state index in [0.29, 0.717) is 11.7 Å². The first-order valence-electron chi connectivity index (χ1n) is 11.6. The molecule has 2 heterocycles. The van der Waals surface area contributed by atoms with Gasteiger partial charge in [0.05, 0.1) is 23.9 Å². The normalized spacial score (nSPS) is 13.2. The number of carbonyl (C=O) groups is 1. The summed E-state index contributed by atoms with van der Waals surface area (Å²) in [5.41, 5.74) is 5.29. The van der Waals surface area contributed by atoms with Crippen LogP contribution in [-0.4, -0.2) is 46.1 Å². The lowest BCUT2D eigenvalue weighted by Crippen LogP contribution is -2.33. The summed E-state index contributed by atoms with van der Waals surface area (Å²) in [5.74, 6) is 0.985. The highest BCUT2D eigenvalue weighted by atomic mass is 32.2. The van der Waals surface area contributed by atoms with E-state index < -0.39 is 0 Å². The molecule has 1 aromatic heterocycles. The molecule has 1 amide bonds. The molecular weight excluding hydrogens is 444 g/mol. The van der Waals surface area contributed by atoms with Crippen LogP contribution in [-0.2, 0) is 4.79 Å². The number of aromatic nitrogens is 3. The molecule has 8 heteroatoms. The van der Waals surface area contributed by atoms with Crippen LogP contribution in [0.1, 0.15) is 36.0 Å². The summed E-state index contributed by atoms with van der Waals surface area (Å²) >= 11 is 1.39. The Labute approximate surface area is 205 Å². The maximum atomic E-state index is 13.3. The Morgan fingerprint density at radius 1 is 1.06 bits per heavy atom. The molecule has 0 saturated carbocycles. The van der Waals surface area contributed by atoms with Crippen molar-refractivity contribution in [2.45, 2.75) is 45.2 Å². The third-order valence-corrected chi connectivity index (χ3v) is 7.09. The molecule has 0 aliphatic carbocycles. The van der Waals surface area contributed by atoms with Gasteiger partial charge in [0.25, 0.3) is 0 Å². The van der Waals surface area contributed by atoms with Gasteiger partial charge in [-0.15, -0.1) is 10.2 Å². The molecule has 176 valence electrons. The first-order chi connectivity index (χ1) is 16.5. The lowest BCUT2D eigenvalue weighted by Gasteiger charge is -2.23. The summed E-state index contributed by atoms with van der Waals surface area (Å²) in [4.78, 5) is 17.3. The number of rotatable bonds is 8. The van der Waals surface area contributed by atoms with Gasteiger partial charge >= 0.3 is 0 Å². The van der Waals surface area contributed by atoms with Crippen LogP contribution < -0.4 is 9.80 Å². The van der Waals surface area contributed by atoms with Crippen LogP contribution in [0.4, 0.5) is 11.6 Å². The molecule has 2 aromatic carbocycles. The lowest BCUT2D eigenvalue weighted by molar-refractivity contribution is -0.116. The van der Waals surface area contributed by atoms with Gasteiger partial charge in [-0.25, -0.2) is 0 Å². The van der Waals surface area contributed by atoms with Gasteiger partial charge in [0.1, 0.15) is 0 Å². The van der Waals surface area contributed by atoms with Crippen molar-refractivity contribution >= 4 is 29.3 Å². The van der Waals surface area contributed by atoms with E-state index in [9.17, 15) is 4.79 Å². The topological polar surface area (TPSA) is 78.0 Å². The molecule has 1 saturated heterocycles. The number of amides is 1. The van der Waals surface area contributed by atoms with Gasteiger partial charge in [0.2, 0.25) is 11.9 Å². The van der Waals surface area contributed by atoms with Crippen LogP contribution in [0, 0.1) is 32.1 Å². The van der Waals surface area contributed by atoms with E-state index in [4.69, 9.17) is 5.26 Å². The summed E-state index contributed by atoms with van der Waals surface area (Å²) in [6.45, 7) is 8.43. The molecule has 0 radical (unpaired) electrons. The Balaban J connectivity index is 1.58. The molecule has 3 aromatic rings. The maximum absolute atomic E-state index is 13.3. The minimum absolute atomic E-state index is 0.0512. The van der Waals surface area contributed by atoms with E-state index in [2.05, 4.69) is 56.9 Å². The van der Waals surface area contributed by atoms with Crippen LogP contribution in [0.2, 0.25) is 0 Å². The molecule has 0 bridgehead atoms. The number of benzene rings is 2. The van der Waals surface area contributed by atoms with Crippen molar-refractivity contribution in [1.29, 1.82) is 5.26 Å². The van der Waals surface area contributed by atoms with Crippen LogP contribution in [0.5, 0.6) is 0 Å². The minimum atomic E-state index is -0.0512. The Kier molecular flexibility index (Phi) is 7.53. The second-order valence-corrected chi connectivity index (χ2v) is 9.60. The summed E-state index contributed by atoms with van der Waals surface area (Å²) in [6.07, 6.45) is 2.57. The molecular formula is C26H30N6OS. The predicted octanol–water partition coefficient (Wildman–Crippen LogP) is 4.83. The predicted molar refractivity (Wildman–Crippen MR) is 137 cm³/mol. The number of anilines is 2. The van der Waals surface area contributed by atoms with Crippen LogP contribution >= 0.6 is 11.8 Å². The molecule has 1 aliphatic rings. The molecule has 0 spiro atoms. The van der Waals surface area contributed by atoms with Gasteiger partial charge < -0.3 is 9.80 Å². The number of carbonyl (C=O) groups excluding carboxylic acids is 1. The monoisotopic (exact) mass is 474 g/mol. The Hall–Kier alpha value is -3.31. The van der Waals surface area contributed by atoms with E-state index in [1.54, 1.807) is 4.90 Å². The lowest BCUT2D eigenvalue weighted by atomic mass is 10.1. The number of nitrogens with zero attached hydrogens (tertiary/aromatic N) is 6. The van der Waals surface area contributed by atoms with Gasteiger partial charge in [-0.1, -0.05) is 35.5 Å². The fourth-order valence-electron chi connectivity index (χ4n) is 4.05. The van der Waals surface area contributed by atoms with E-state index in [0.717, 1.165) is 48.8 Å². The Morgan fingerprint density at radius 2 is 1.79 bits per heavy atom. The summed E-state index contributed by atoms with van der Waals surface area (Å²) < 4.78 is 2.05. The number of thioether (sulfide) groups is 1. The van der Waals surface area contributed by atoms with Crippen molar-refractivity contribution in [2.24, 2.45) is 0 Å². The fraction of sp³-hybridized carbons (Fsp3) is 0.385. The summed E-state index contributed by atoms with van der Waals surface area (Å²) in [7, 11) is 0. The zero-order valence-corrected chi connectivity index (χ0v) is 20.8. The molecule has 0 N–H and O–H groups in total. The van der Waals surface area contributed by atoms with E-state index in [1.165, 1.54) is 22.9 Å². The second kappa shape index (κ2) is 10.7. The molecule has 4 rings (SSSR count). The number of aryl methyl sites for hydroxylation is 3. The molecule has 0 unspecified atom stereocenters. The molecule has 1 fully saturated rings. The first-order valence-corrected chi connectivity index (χ1v) is 12.6. The largest absolute Gasteiger partial charge is 0.341 e. The Bertz CT molecular complexity index is 1190. The SMILES string of the molecule is Cc1ccc(-n2c(SCC(=O)N(CCC#N)c3ccc(C)c(C)c3)nnc2N2CCCC2)cc1. The Morgan fingerprint density at radius 3 is 2.47 bits per heavy atom. The zero-order chi connectivity index (χ0) is 24.1. The van der Waals surface area contributed by atoms with E-state index >= 15 is 0 Å². The number of hydrogen-bond donors (Lipinski definition) is 0. The average molecular weight is 475 g/mol. The third-order valence-electron chi connectivity index (χ3n) is 6.17. The van der Waals surface area contributed by atoms with Crippen molar-refractivity contribution in [2.75, 3.05) is 35.2 Å². The van der Waals surface area contributed by atoms with Crippen molar-refractivity contribution < 1.29 is 4.79 Å². The maximum Gasteiger partial charge on any atom is 0.237 e. The van der Waals surface area contributed by atoms with E-state index in [1.807, 2.05) is 32.0 Å². The summed E-state index contributed by atoms with van der Waals surface area (Å²) in [5, 5.41) is 18.8. The quantitative estimate of drug-likeness (QED) is 0.435. The van der Waals surface area contributed by atoms with Gasteiger partial charge in [-0.3, -0.25) is 9.36 Å². The van der Waals surface area contributed by atoms with Crippen molar-refractivity contribution in [3.05, 3.63) is 59.2 Å². The molecule has 7 nitrogen and oxygen atoms in total. The van der Waals surface area contributed by atoms with Crippen molar-refractivity contribution in [3.63, 3.8) is 0 Å². The average Bonchev–Trinajstić information content (AvgIpc) is 3.50. The van der Waals surface area contributed by atoms with Crippen molar-refractivity contribution in [3.8, 4) is 11.8 Å². The summed E-state index contributed by atoms with van der Waals surface area (Å²) in [6, 6.07) is 16.4. The van der Waals surface area contributed by atoms with E-state index in [-0.39, 0.29) is 18.1 Å². The zero-order valence-electron chi connectivity index (χ0n) is 20.0. The molecule has 0 atom stereocenters. The molecule has 34 heavy (non-hydrogen) atoms. The van der Waals surface area contributed by atoms with Crippen LogP contribution in [0.3, 0.4) is 0 Å². The number of hydrogen-bond acceptors (Lipinski definition) is 6. The molecule has 1 aliphatic heterocycles. The fourth-order valence-corrected chi connectivity index (χ4v) is 4.88. The third kappa shape index (κ3) is 5.26. The highest BCUT2D eigenvalue weighted by molar-refractivity contribution is 7.99. The minimum Gasteiger partial charge on any atom is -0.341 e. The highest BCUT2D eigenvalue weighted by Gasteiger charge is 2.24. The first kappa shape index (κ1) is 23.8. The second-order valence-electron chi connectivity index (χ2n) is 8.66. The van der Waals surface area contributed by atoms with Gasteiger partial charge in [0.15, 0.2) is 5.16 Å².